The molecule has 0 radical (unpaired) electrons. The van der Waals surface area contributed by atoms with E-state index in [-0.39, 0.29) is 11.3 Å². The molecule has 3 aromatic rings. The third-order valence-electron chi connectivity index (χ3n) is 4.89. The van der Waals surface area contributed by atoms with Crippen LogP contribution in [0.5, 0.6) is 0 Å². The molecule has 0 bridgehead atoms. The van der Waals surface area contributed by atoms with Crippen molar-refractivity contribution in [2.75, 3.05) is 10.6 Å². The molecule has 1 aliphatic heterocycles. The summed E-state index contributed by atoms with van der Waals surface area (Å²) in [6.07, 6.45) is 1.73. The zero-order chi connectivity index (χ0) is 20.1. The van der Waals surface area contributed by atoms with E-state index in [0.29, 0.717) is 5.57 Å². The van der Waals surface area contributed by atoms with E-state index in [0.717, 1.165) is 39.8 Å². The Balaban J connectivity index is 1.63. The van der Waals surface area contributed by atoms with E-state index in [9.17, 15) is 4.79 Å². The Kier molecular flexibility index (Phi) is 4.14. The topological polar surface area (TPSA) is 72.1 Å². The van der Waals surface area contributed by atoms with Gasteiger partial charge in [0.2, 0.25) is 0 Å². The number of carbonyl (C=O) groups is 1. The summed E-state index contributed by atoms with van der Waals surface area (Å²) in [5.41, 5.74) is 4.07. The standard InChI is InChI=1S/C22H24N4O2/c1-13-15(10-19(28-13)22(2,3)4)18-11-20(26(5)25-18)23-12-16-14-8-6-7-9-17(14)24-21(16)27/h6-12,23H,1-5H3,(H,24,27)/b16-12+. The number of carbonyl (C=O) groups excluding carboxylic acids is 1. The van der Waals surface area contributed by atoms with Gasteiger partial charge in [-0.15, -0.1) is 0 Å². The van der Waals surface area contributed by atoms with E-state index in [1.165, 1.54) is 0 Å². The number of hydrogen-bond acceptors (Lipinski definition) is 4. The summed E-state index contributed by atoms with van der Waals surface area (Å²) in [4.78, 5) is 12.3. The second-order valence-corrected chi connectivity index (χ2v) is 8.07. The lowest BCUT2D eigenvalue weighted by atomic mass is 9.93. The van der Waals surface area contributed by atoms with Gasteiger partial charge in [0.05, 0.1) is 11.3 Å². The van der Waals surface area contributed by atoms with Gasteiger partial charge in [0, 0.05) is 41.5 Å². The Morgan fingerprint density at radius 2 is 1.93 bits per heavy atom. The summed E-state index contributed by atoms with van der Waals surface area (Å²) in [7, 11) is 1.87. The van der Waals surface area contributed by atoms with Crippen LogP contribution in [-0.2, 0) is 17.3 Å². The van der Waals surface area contributed by atoms with Crippen LogP contribution < -0.4 is 10.6 Å². The molecule has 0 aliphatic carbocycles. The molecular weight excluding hydrogens is 352 g/mol. The molecule has 1 aromatic carbocycles. The van der Waals surface area contributed by atoms with Crippen LogP contribution in [0.1, 0.15) is 37.9 Å². The first-order chi connectivity index (χ1) is 13.2. The van der Waals surface area contributed by atoms with Gasteiger partial charge in [-0.3, -0.25) is 9.48 Å². The van der Waals surface area contributed by atoms with Crippen molar-refractivity contribution in [3.05, 3.63) is 59.7 Å². The smallest absolute Gasteiger partial charge is 0.257 e. The van der Waals surface area contributed by atoms with E-state index in [1.807, 2.05) is 44.3 Å². The highest BCUT2D eigenvalue weighted by Gasteiger charge is 2.24. The number of anilines is 2. The number of fused-ring (bicyclic) bond motifs is 1. The van der Waals surface area contributed by atoms with E-state index >= 15 is 0 Å². The first kappa shape index (κ1) is 18.1. The number of hydrogen-bond donors (Lipinski definition) is 2. The zero-order valence-corrected chi connectivity index (χ0v) is 16.8. The Labute approximate surface area is 164 Å². The predicted molar refractivity (Wildman–Crippen MR) is 111 cm³/mol. The fraction of sp³-hybridized carbons (Fsp3) is 0.273. The number of amides is 1. The molecule has 1 amide bonds. The van der Waals surface area contributed by atoms with Crippen LogP contribution in [0, 0.1) is 6.92 Å². The molecule has 2 N–H and O–H groups in total. The van der Waals surface area contributed by atoms with Crippen molar-refractivity contribution in [3.8, 4) is 11.3 Å². The summed E-state index contributed by atoms with van der Waals surface area (Å²) < 4.78 is 7.70. The maximum Gasteiger partial charge on any atom is 0.257 e. The van der Waals surface area contributed by atoms with Crippen molar-refractivity contribution < 1.29 is 9.21 Å². The molecule has 6 nitrogen and oxygen atoms in total. The van der Waals surface area contributed by atoms with Crippen LogP contribution in [0.3, 0.4) is 0 Å². The van der Waals surface area contributed by atoms with E-state index in [4.69, 9.17) is 4.42 Å². The van der Waals surface area contributed by atoms with Crippen LogP contribution in [0.15, 0.2) is 47.0 Å². The van der Waals surface area contributed by atoms with Crippen LogP contribution in [-0.4, -0.2) is 15.7 Å². The number of nitrogens with one attached hydrogen (secondary N) is 2. The quantitative estimate of drug-likeness (QED) is 0.651. The van der Waals surface area contributed by atoms with Gasteiger partial charge >= 0.3 is 0 Å². The highest BCUT2D eigenvalue weighted by Crippen LogP contribution is 2.34. The van der Waals surface area contributed by atoms with Crippen molar-refractivity contribution in [1.82, 2.24) is 9.78 Å². The highest BCUT2D eigenvalue weighted by atomic mass is 16.3. The maximum atomic E-state index is 12.3. The monoisotopic (exact) mass is 376 g/mol. The summed E-state index contributed by atoms with van der Waals surface area (Å²) >= 11 is 0. The van der Waals surface area contributed by atoms with Crippen molar-refractivity contribution in [2.24, 2.45) is 7.05 Å². The SMILES string of the molecule is Cc1oc(C(C)(C)C)cc1-c1cc(N/C=C2/C(=O)Nc3ccccc32)n(C)n1. The van der Waals surface area contributed by atoms with Gasteiger partial charge in [0.25, 0.3) is 5.91 Å². The van der Waals surface area contributed by atoms with Gasteiger partial charge in [0.15, 0.2) is 0 Å². The lowest BCUT2D eigenvalue weighted by Gasteiger charge is -2.13. The van der Waals surface area contributed by atoms with Crippen LogP contribution >= 0.6 is 0 Å². The summed E-state index contributed by atoms with van der Waals surface area (Å²) in [5, 5.41) is 10.7. The average Bonchev–Trinajstić information content (AvgIpc) is 3.27. The minimum atomic E-state index is -0.114. The van der Waals surface area contributed by atoms with Gasteiger partial charge in [-0.1, -0.05) is 39.0 Å². The zero-order valence-electron chi connectivity index (χ0n) is 16.8. The van der Waals surface area contributed by atoms with Crippen molar-refractivity contribution >= 4 is 23.0 Å². The number of aryl methyl sites for hydroxylation is 2. The first-order valence-corrected chi connectivity index (χ1v) is 9.27. The molecule has 28 heavy (non-hydrogen) atoms. The average molecular weight is 376 g/mol. The van der Waals surface area contributed by atoms with Gasteiger partial charge in [-0.05, 0) is 19.1 Å². The highest BCUT2D eigenvalue weighted by molar-refractivity contribution is 6.31. The predicted octanol–water partition coefficient (Wildman–Crippen LogP) is 4.69. The van der Waals surface area contributed by atoms with Gasteiger partial charge in [-0.2, -0.15) is 5.10 Å². The molecule has 3 heterocycles. The number of para-hydroxylation sites is 1. The minimum absolute atomic E-state index is 0.0630. The first-order valence-electron chi connectivity index (χ1n) is 9.27. The lowest BCUT2D eigenvalue weighted by molar-refractivity contribution is -0.110. The minimum Gasteiger partial charge on any atom is -0.465 e. The van der Waals surface area contributed by atoms with Crippen LogP contribution in [0.2, 0.25) is 0 Å². The lowest BCUT2D eigenvalue weighted by Crippen LogP contribution is -2.09. The molecule has 0 fully saturated rings. The summed E-state index contributed by atoms with van der Waals surface area (Å²) in [6.45, 7) is 8.32. The number of furan rings is 1. The van der Waals surface area contributed by atoms with Gasteiger partial charge in [0.1, 0.15) is 17.3 Å². The Morgan fingerprint density at radius 1 is 1.18 bits per heavy atom. The normalized spacial score (nSPS) is 15.0. The molecular formula is C22H24N4O2. The maximum absolute atomic E-state index is 12.3. The van der Waals surface area contributed by atoms with E-state index < -0.39 is 0 Å². The third kappa shape index (κ3) is 3.11. The summed E-state index contributed by atoms with van der Waals surface area (Å²) in [5.74, 6) is 2.45. The second-order valence-electron chi connectivity index (χ2n) is 8.07. The number of rotatable bonds is 3. The molecule has 0 unspecified atom stereocenters. The van der Waals surface area contributed by atoms with Crippen molar-refractivity contribution in [1.29, 1.82) is 0 Å². The van der Waals surface area contributed by atoms with E-state index in [1.54, 1.807) is 10.9 Å². The number of nitrogens with zero attached hydrogens (tertiary/aromatic N) is 2. The Bertz CT molecular complexity index is 1100. The molecule has 1 aliphatic rings. The van der Waals surface area contributed by atoms with Crippen molar-refractivity contribution in [2.45, 2.75) is 33.1 Å². The molecule has 0 saturated carbocycles. The van der Waals surface area contributed by atoms with Crippen LogP contribution in [0.4, 0.5) is 11.5 Å². The Hall–Kier alpha value is -3.28. The molecule has 4 rings (SSSR count). The molecule has 0 atom stereocenters. The van der Waals surface area contributed by atoms with Crippen LogP contribution in [0.25, 0.3) is 16.8 Å². The Morgan fingerprint density at radius 3 is 2.64 bits per heavy atom. The number of aromatic nitrogens is 2. The molecule has 0 spiro atoms. The van der Waals surface area contributed by atoms with E-state index in [2.05, 4.69) is 42.6 Å². The fourth-order valence-corrected chi connectivity index (χ4v) is 3.27. The molecule has 0 saturated heterocycles. The fourth-order valence-electron chi connectivity index (χ4n) is 3.27. The van der Waals surface area contributed by atoms with Crippen molar-refractivity contribution in [3.63, 3.8) is 0 Å². The molecule has 144 valence electrons. The second kappa shape index (κ2) is 6.41. The molecule has 6 heteroatoms. The molecule has 2 aromatic heterocycles. The summed E-state index contributed by atoms with van der Waals surface area (Å²) in [6, 6.07) is 11.7. The van der Waals surface area contributed by atoms with Gasteiger partial charge < -0.3 is 15.1 Å². The van der Waals surface area contributed by atoms with Gasteiger partial charge in [-0.25, -0.2) is 0 Å². The largest absolute Gasteiger partial charge is 0.465 e. The number of benzene rings is 1. The third-order valence-corrected chi connectivity index (χ3v) is 4.89.